The van der Waals surface area contributed by atoms with Gasteiger partial charge in [-0.25, -0.2) is 4.79 Å². The molecule has 0 bridgehead atoms. The Balaban J connectivity index is 3.03. The summed E-state index contributed by atoms with van der Waals surface area (Å²) in [7, 11) is 2.78. The van der Waals surface area contributed by atoms with Gasteiger partial charge in [0.25, 0.3) is 0 Å². The van der Waals surface area contributed by atoms with Crippen LogP contribution in [0.2, 0.25) is 0 Å². The van der Waals surface area contributed by atoms with Crippen LogP contribution in [-0.2, 0) is 14.3 Å². The molecule has 0 saturated heterocycles. The Bertz CT molecular complexity index is 608. The highest BCUT2D eigenvalue weighted by Crippen LogP contribution is 2.21. The summed E-state index contributed by atoms with van der Waals surface area (Å²) in [4.78, 5) is 22.8. The second-order valence-corrected chi connectivity index (χ2v) is 3.97. The first kappa shape index (κ1) is 16.3. The zero-order chi connectivity index (χ0) is 15.7. The predicted molar refractivity (Wildman–Crippen MR) is 79.9 cm³/mol. The molecule has 0 radical (unpaired) electrons. The van der Waals surface area contributed by atoms with E-state index in [1.165, 1.54) is 14.2 Å². The smallest absolute Gasteiger partial charge is 0.384 e. The van der Waals surface area contributed by atoms with Crippen molar-refractivity contribution in [3.63, 3.8) is 0 Å². The number of amides is 1. The van der Waals surface area contributed by atoms with Crippen molar-refractivity contribution in [1.29, 1.82) is 0 Å². The molecule has 0 atom stereocenters. The van der Waals surface area contributed by atoms with E-state index in [2.05, 4.69) is 21.9 Å². The zero-order valence-corrected chi connectivity index (χ0v) is 12.2. The SMILES string of the molecule is C/C=C/CC(=O)Nc1ccc(OC)cc1C#CC(=O)OC. The highest BCUT2D eigenvalue weighted by Gasteiger charge is 2.06. The van der Waals surface area contributed by atoms with Crippen molar-refractivity contribution in [2.75, 3.05) is 19.5 Å². The fourth-order valence-corrected chi connectivity index (χ4v) is 1.46. The minimum atomic E-state index is -0.649. The minimum Gasteiger partial charge on any atom is -0.497 e. The van der Waals surface area contributed by atoms with Crippen molar-refractivity contribution in [2.45, 2.75) is 13.3 Å². The molecule has 1 N–H and O–H groups in total. The molecule has 0 heterocycles. The van der Waals surface area contributed by atoms with Crippen molar-refractivity contribution >= 4 is 17.6 Å². The average Bonchev–Trinajstić information content (AvgIpc) is 2.51. The number of benzene rings is 1. The van der Waals surface area contributed by atoms with E-state index in [-0.39, 0.29) is 12.3 Å². The van der Waals surface area contributed by atoms with Gasteiger partial charge in [0, 0.05) is 12.3 Å². The maximum Gasteiger partial charge on any atom is 0.384 e. The Hall–Kier alpha value is -2.74. The summed E-state index contributed by atoms with van der Waals surface area (Å²) in [6, 6.07) is 5.02. The van der Waals surface area contributed by atoms with E-state index in [1.807, 2.05) is 6.92 Å². The number of carbonyl (C=O) groups excluding carboxylic acids is 2. The number of esters is 1. The lowest BCUT2D eigenvalue weighted by Crippen LogP contribution is -2.11. The van der Waals surface area contributed by atoms with Crippen molar-refractivity contribution < 1.29 is 19.1 Å². The second-order valence-electron chi connectivity index (χ2n) is 3.97. The molecule has 5 nitrogen and oxygen atoms in total. The van der Waals surface area contributed by atoms with Gasteiger partial charge >= 0.3 is 5.97 Å². The normalized spacial score (nSPS) is 9.67. The number of anilines is 1. The summed E-state index contributed by atoms with van der Waals surface area (Å²) in [5, 5.41) is 2.74. The van der Waals surface area contributed by atoms with Gasteiger partial charge in [0.1, 0.15) is 5.75 Å². The maximum atomic E-state index is 11.7. The van der Waals surface area contributed by atoms with Gasteiger partial charge in [-0.2, -0.15) is 0 Å². The van der Waals surface area contributed by atoms with Crippen LogP contribution in [-0.4, -0.2) is 26.1 Å². The van der Waals surface area contributed by atoms with E-state index in [0.29, 0.717) is 17.0 Å². The van der Waals surface area contributed by atoms with Crippen molar-refractivity contribution in [1.82, 2.24) is 0 Å². The molecule has 0 aliphatic carbocycles. The fraction of sp³-hybridized carbons (Fsp3) is 0.250. The third kappa shape index (κ3) is 5.41. The van der Waals surface area contributed by atoms with Crippen molar-refractivity contribution in [3.05, 3.63) is 35.9 Å². The third-order valence-electron chi connectivity index (χ3n) is 2.52. The van der Waals surface area contributed by atoms with E-state index in [0.717, 1.165) is 0 Å². The van der Waals surface area contributed by atoms with Gasteiger partial charge in [-0.3, -0.25) is 4.79 Å². The lowest BCUT2D eigenvalue weighted by Gasteiger charge is -2.08. The molecule has 0 fully saturated rings. The summed E-state index contributed by atoms with van der Waals surface area (Å²) >= 11 is 0. The molecule has 0 unspecified atom stereocenters. The van der Waals surface area contributed by atoms with Gasteiger partial charge in [0.05, 0.1) is 25.5 Å². The fourth-order valence-electron chi connectivity index (χ4n) is 1.46. The van der Waals surface area contributed by atoms with Crippen LogP contribution in [0.15, 0.2) is 30.4 Å². The first-order valence-corrected chi connectivity index (χ1v) is 6.29. The lowest BCUT2D eigenvalue weighted by atomic mass is 10.1. The van der Waals surface area contributed by atoms with Crippen LogP contribution < -0.4 is 10.1 Å². The van der Waals surface area contributed by atoms with Crippen LogP contribution in [0, 0.1) is 11.8 Å². The molecule has 0 saturated carbocycles. The Kier molecular flexibility index (Phi) is 6.55. The Morgan fingerprint density at radius 1 is 1.33 bits per heavy atom. The molecule has 0 aliphatic heterocycles. The molecule has 1 aromatic rings. The summed E-state index contributed by atoms with van der Waals surface area (Å²) in [6.07, 6.45) is 3.82. The van der Waals surface area contributed by atoms with E-state index in [9.17, 15) is 9.59 Å². The van der Waals surface area contributed by atoms with E-state index in [4.69, 9.17) is 4.74 Å². The zero-order valence-electron chi connectivity index (χ0n) is 12.2. The summed E-state index contributed by atoms with van der Waals surface area (Å²) in [5.74, 6) is 4.75. The van der Waals surface area contributed by atoms with Crippen LogP contribution in [0.5, 0.6) is 5.75 Å². The molecule has 5 heteroatoms. The van der Waals surface area contributed by atoms with E-state index >= 15 is 0 Å². The van der Waals surface area contributed by atoms with Crippen LogP contribution in [0.1, 0.15) is 18.9 Å². The largest absolute Gasteiger partial charge is 0.497 e. The van der Waals surface area contributed by atoms with Crippen molar-refractivity contribution in [2.24, 2.45) is 0 Å². The monoisotopic (exact) mass is 287 g/mol. The van der Waals surface area contributed by atoms with Gasteiger partial charge < -0.3 is 14.8 Å². The van der Waals surface area contributed by atoms with Gasteiger partial charge in [0.2, 0.25) is 5.91 Å². The third-order valence-corrected chi connectivity index (χ3v) is 2.52. The number of hydrogen-bond donors (Lipinski definition) is 1. The molecular formula is C16H17NO4. The molecule has 0 aromatic heterocycles. The topological polar surface area (TPSA) is 64.6 Å². The number of hydrogen-bond acceptors (Lipinski definition) is 4. The molecule has 21 heavy (non-hydrogen) atoms. The number of rotatable bonds is 4. The molecule has 110 valence electrons. The van der Waals surface area contributed by atoms with E-state index in [1.54, 1.807) is 30.4 Å². The number of ether oxygens (including phenoxy) is 2. The summed E-state index contributed by atoms with van der Waals surface area (Å²) in [6.45, 7) is 1.84. The van der Waals surface area contributed by atoms with Crippen LogP contribution in [0.4, 0.5) is 5.69 Å². The average molecular weight is 287 g/mol. The molecular weight excluding hydrogens is 270 g/mol. The number of carbonyl (C=O) groups is 2. The first-order chi connectivity index (χ1) is 10.1. The van der Waals surface area contributed by atoms with Crippen LogP contribution in [0.3, 0.4) is 0 Å². The molecule has 0 aliphatic rings. The minimum absolute atomic E-state index is 0.167. The number of nitrogens with one attached hydrogen (secondary N) is 1. The Morgan fingerprint density at radius 2 is 2.10 bits per heavy atom. The summed E-state index contributed by atoms with van der Waals surface area (Å²) in [5.41, 5.74) is 0.996. The van der Waals surface area contributed by atoms with Crippen LogP contribution >= 0.6 is 0 Å². The molecule has 1 amide bonds. The van der Waals surface area contributed by atoms with Crippen LogP contribution in [0.25, 0.3) is 0 Å². The second kappa shape index (κ2) is 8.43. The molecule has 1 aromatic carbocycles. The lowest BCUT2D eigenvalue weighted by molar-refractivity contribution is -0.133. The van der Waals surface area contributed by atoms with E-state index < -0.39 is 5.97 Å². The quantitative estimate of drug-likeness (QED) is 0.523. The van der Waals surface area contributed by atoms with Crippen molar-refractivity contribution in [3.8, 4) is 17.6 Å². The Morgan fingerprint density at radius 3 is 2.71 bits per heavy atom. The van der Waals surface area contributed by atoms with Gasteiger partial charge in [-0.15, -0.1) is 0 Å². The molecule has 0 spiro atoms. The first-order valence-electron chi connectivity index (χ1n) is 6.29. The van der Waals surface area contributed by atoms with Gasteiger partial charge in [-0.1, -0.05) is 18.1 Å². The summed E-state index contributed by atoms with van der Waals surface area (Å²) < 4.78 is 9.57. The van der Waals surface area contributed by atoms with Gasteiger partial charge in [0.15, 0.2) is 0 Å². The highest BCUT2D eigenvalue weighted by molar-refractivity contribution is 5.94. The highest BCUT2D eigenvalue weighted by atomic mass is 16.5. The number of methoxy groups -OCH3 is 2. The van der Waals surface area contributed by atoms with Gasteiger partial charge in [-0.05, 0) is 25.1 Å². The maximum absolute atomic E-state index is 11.7. The number of allylic oxidation sites excluding steroid dienone is 1. The predicted octanol–water partition coefficient (Wildman–Crippen LogP) is 2.12. The Labute approximate surface area is 123 Å². The molecule has 1 rings (SSSR count). The standard InChI is InChI=1S/C16H17NO4/c1-4-5-6-15(18)17-14-9-8-13(20-2)11-12(14)7-10-16(19)21-3/h4-5,8-9,11H,6H2,1-3H3,(H,17,18)/b5-4+.